The van der Waals surface area contributed by atoms with Gasteiger partial charge in [-0.05, 0) is 23.9 Å². The van der Waals surface area contributed by atoms with Crippen molar-refractivity contribution in [3.63, 3.8) is 0 Å². The number of nitrogens with zero attached hydrogens (tertiary/aromatic N) is 1. The molecule has 2 rings (SSSR count). The quantitative estimate of drug-likeness (QED) is 0.821. The van der Waals surface area contributed by atoms with Crippen LogP contribution in [0.1, 0.15) is 19.2 Å². The molecular formula is C11H12N2S2. The summed E-state index contributed by atoms with van der Waals surface area (Å²) >= 11 is 6.85. The molecule has 0 bridgehead atoms. The smallest absolute Gasteiger partial charge is 0.130 e. The fourth-order valence-electron chi connectivity index (χ4n) is 1.43. The highest BCUT2D eigenvalue weighted by Crippen LogP contribution is 2.22. The number of rotatable bonds is 3. The van der Waals surface area contributed by atoms with Crippen molar-refractivity contribution in [1.82, 2.24) is 9.97 Å². The summed E-state index contributed by atoms with van der Waals surface area (Å²) < 4.78 is 0.667. The van der Waals surface area contributed by atoms with Crippen LogP contribution in [0.15, 0.2) is 23.6 Å². The zero-order valence-electron chi connectivity index (χ0n) is 8.49. The molecule has 0 saturated carbocycles. The topological polar surface area (TPSA) is 28.7 Å². The SMILES string of the molecule is CCCc1nc(=S)cc(-c2cccs2)[nH]1. The third-order valence-electron chi connectivity index (χ3n) is 2.07. The van der Waals surface area contributed by atoms with E-state index in [1.54, 1.807) is 11.3 Å². The minimum atomic E-state index is 0.667. The number of hydrogen-bond acceptors (Lipinski definition) is 3. The van der Waals surface area contributed by atoms with Gasteiger partial charge in [-0.3, -0.25) is 0 Å². The normalized spacial score (nSPS) is 10.5. The molecule has 0 aliphatic rings. The van der Waals surface area contributed by atoms with Gasteiger partial charge in [0.25, 0.3) is 0 Å². The Kier molecular flexibility index (Phi) is 3.28. The number of aromatic amines is 1. The Hall–Kier alpha value is -1.00. The maximum absolute atomic E-state index is 5.15. The molecule has 15 heavy (non-hydrogen) atoms. The van der Waals surface area contributed by atoms with Crippen LogP contribution in [0.4, 0.5) is 0 Å². The number of aromatic nitrogens is 2. The molecule has 0 amide bonds. The van der Waals surface area contributed by atoms with Gasteiger partial charge in [0.2, 0.25) is 0 Å². The minimum absolute atomic E-state index is 0.667. The second kappa shape index (κ2) is 4.68. The van der Waals surface area contributed by atoms with Gasteiger partial charge < -0.3 is 4.98 Å². The van der Waals surface area contributed by atoms with E-state index in [9.17, 15) is 0 Å². The van der Waals surface area contributed by atoms with Crippen molar-refractivity contribution in [3.8, 4) is 10.6 Å². The molecule has 1 N–H and O–H groups in total. The first kappa shape index (κ1) is 10.5. The van der Waals surface area contributed by atoms with E-state index in [0.717, 1.165) is 24.4 Å². The predicted octanol–water partition coefficient (Wildman–Crippen LogP) is 3.82. The van der Waals surface area contributed by atoms with Crippen molar-refractivity contribution in [2.45, 2.75) is 19.8 Å². The van der Waals surface area contributed by atoms with Gasteiger partial charge in [-0.2, -0.15) is 0 Å². The Bertz CT molecular complexity index is 486. The van der Waals surface area contributed by atoms with Crippen LogP contribution >= 0.6 is 23.6 Å². The van der Waals surface area contributed by atoms with Crippen molar-refractivity contribution in [3.05, 3.63) is 34.0 Å². The van der Waals surface area contributed by atoms with Gasteiger partial charge >= 0.3 is 0 Å². The standard InChI is InChI=1S/C11H12N2S2/c1-2-4-10-12-8(7-11(14)13-10)9-5-3-6-15-9/h3,5-7H,2,4H2,1H3,(H,12,13,14). The van der Waals surface area contributed by atoms with Crippen LogP contribution < -0.4 is 0 Å². The second-order valence-corrected chi connectivity index (χ2v) is 4.67. The van der Waals surface area contributed by atoms with Gasteiger partial charge in [-0.15, -0.1) is 11.3 Å². The van der Waals surface area contributed by atoms with Gasteiger partial charge in [0, 0.05) is 6.42 Å². The Labute approximate surface area is 98.0 Å². The highest BCUT2D eigenvalue weighted by molar-refractivity contribution is 7.71. The number of aryl methyl sites for hydroxylation is 1. The lowest BCUT2D eigenvalue weighted by Crippen LogP contribution is -1.95. The molecule has 0 aliphatic carbocycles. The van der Waals surface area contributed by atoms with Gasteiger partial charge in [0.05, 0.1) is 10.6 Å². The third-order valence-corrected chi connectivity index (χ3v) is 3.18. The van der Waals surface area contributed by atoms with Crippen molar-refractivity contribution in [2.75, 3.05) is 0 Å². The highest BCUT2D eigenvalue weighted by atomic mass is 32.1. The van der Waals surface area contributed by atoms with E-state index in [2.05, 4.69) is 28.3 Å². The summed E-state index contributed by atoms with van der Waals surface area (Å²) in [6.45, 7) is 2.14. The van der Waals surface area contributed by atoms with Crippen LogP contribution in [0, 0.1) is 4.64 Å². The molecule has 4 heteroatoms. The number of H-pyrrole nitrogens is 1. The van der Waals surface area contributed by atoms with Crippen molar-refractivity contribution in [2.24, 2.45) is 0 Å². The monoisotopic (exact) mass is 236 g/mol. The lowest BCUT2D eigenvalue weighted by Gasteiger charge is -2.02. The molecule has 0 aromatic carbocycles. The molecule has 2 aromatic heterocycles. The van der Waals surface area contributed by atoms with Crippen molar-refractivity contribution >= 4 is 23.6 Å². The maximum atomic E-state index is 5.15. The van der Waals surface area contributed by atoms with E-state index in [1.165, 1.54) is 4.88 Å². The van der Waals surface area contributed by atoms with Crippen LogP contribution in [-0.4, -0.2) is 9.97 Å². The molecule has 2 nitrogen and oxygen atoms in total. The molecule has 0 fully saturated rings. The molecule has 2 aromatic rings. The Morgan fingerprint density at radius 1 is 1.53 bits per heavy atom. The summed E-state index contributed by atoms with van der Waals surface area (Å²) in [5, 5.41) is 2.06. The Morgan fingerprint density at radius 3 is 3.07 bits per heavy atom. The molecular weight excluding hydrogens is 224 g/mol. The van der Waals surface area contributed by atoms with Crippen LogP contribution in [0.3, 0.4) is 0 Å². The lowest BCUT2D eigenvalue weighted by molar-refractivity contribution is 0.834. The fraction of sp³-hybridized carbons (Fsp3) is 0.273. The average molecular weight is 236 g/mol. The predicted molar refractivity (Wildman–Crippen MR) is 66.7 cm³/mol. The summed E-state index contributed by atoms with van der Waals surface area (Å²) in [5.41, 5.74) is 1.08. The summed E-state index contributed by atoms with van der Waals surface area (Å²) in [5.74, 6) is 0.980. The molecule has 0 radical (unpaired) electrons. The van der Waals surface area contributed by atoms with E-state index < -0.39 is 0 Å². The molecule has 0 atom stereocenters. The molecule has 78 valence electrons. The van der Waals surface area contributed by atoms with E-state index in [1.807, 2.05) is 12.1 Å². The number of hydrogen-bond donors (Lipinski definition) is 1. The van der Waals surface area contributed by atoms with E-state index >= 15 is 0 Å². The van der Waals surface area contributed by atoms with Gasteiger partial charge in [0.15, 0.2) is 0 Å². The van der Waals surface area contributed by atoms with E-state index in [0.29, 0.717) is 4.64 Å². The zero-order chi connectivity index (χ0) is 10.7. The Morgan fingerprint density at radius 2 is 2.40 bits per heavy atom. The van der Waals surface area contributed by atoms with Gasteiger partial charge in [-0.1, -0.05) is 25.2 Å². The summed E-state index contributed by atoms with van der Waals surface area (Å²) in [6.07, 6.45) is 2.02. The molecule has 0 aliphatic heterocycles. The summed E-state index contributed by atoms with van der Waals surface area (Å²) in [7, 11) is 0. The molecule has 2 heterocycles. The maximum Gasteiger partial charge on any atom is 0.130 e. The molecule has 0 saturated heterocycles. The molecule has 0 spiro atoms. The lowest BCUT2D eigenvalue weighted by atomic mass is 10.3. The van der Waals surface area contributed by atoms with Crippen molar-refractivity contribution in [1.29, 1.82) is 0 Å². The third kappa shape index (κ3) is 2.52. The summed E-state index contributed by atoms with van der Waals surface area (Å²) in [6, 6.07) is 6.04. The first-order chi connectivity index (χ1) is 7.29. The van der Waals surface area contributed by atoms with Crippen LogP contribution in [-0.2, 0) is 6.42 Å². The van der Waals surface area contributed by atoms with Gasteiger partial charge in [-0.25, -0.2) is 4.98 Å². The summed E-state index contributed by atoms with van der Waals surface area (Å²) in [4.78, 5) is 8.83. The van der Waals surface area contributed by atoms with Crippen LogP contribution in [0.5, 0.6) is 0 Å². The zero-order valence-corrected chi connectivity index (χ0v) is 10.1. The molecule has 0 unspecified atom stereocenters. The number of nitrogens with one attached hydrogen (secondary N) is 1. The number of thiophene rings is 1. The van der Waals surface area contributed by atoms with Crippen molar-refractivity contribution < 1.29 is 0 Å². The average Bonchev–Trinajstić information content (AvgIpc) is 2.70. The highest BCUT2D eigenvalue weighted by Gasteiger charge is 2.01. The first-order valence-corrected chi connectivity index (χ1v) is 6.22. The largest absolute Gasteiger partial charge is 0.342 e. The van der Waals surface area contributed by atoms with Crippen LogP contribution in [0.2, 0.25) is 0 Å². The first-order valence-electron chi connectivity index (χ1n) is 4.93. The fourth-order valence-corrected chi connectivity index (χ4v) is 2.35. The van der Waals surface area contributed by atoms with E-state index in [4.69, 9.17) is 12.2 Å². The minimum Gasteiger partial charge on any atom is -0.342 e. The van der Waals surface area contributed by atoms with Crippen LogP contribution in [0.25, 0.3) is 10.6 Å². The van der Waals surface area contributed by atoms with E-state index in [-0.39, 0.29) is 0 Å². The second-order valence-electron chi connectivity index (χ2n) is 3.31. The van der Waals surface area contributed by atoms with Gasteiger partial charge in [0.1, 0.15) is 10.5 Å². The Balaban J connectivity index is 2.44.